The van der Waals surface area contributed by atoms with Crippen LogP contribution in [0.15, 0.2) is 58.1 Å². The number of benzene rings is 3. The molecule has 3 aliphatic rings. The summed E-state index contributed by atoms with van der Waals surface area (Å²) in [6.45, 7) is 0. The molecule has 0 unspecified atom stereocenters. The SMILES string of the molecule is Cn1nnn(-c2cc(N)cc(C(F)(F)F)c2C2CC2)c1=O.Cn1nnn(-c2cc(N3C(=O)c4ccccc4C3=O)cc(C(F)(F)F)c2C2CC2)c1=O. The van der Waals surface area contributed by atoms with E-state index in [0.29, 0.717) is 30.6 Å². The van der Waals surface area contributed by atoms with Crippen molar-refractivity contribution in [3.05, 3.63) is 103 Å². The third-order valence-electron chi connectivity index (χ3n) is 8.86. The van der Waals surface area contributed by atoms with Gasteiger partial charge in [-0.3, -0.25) is 9.59 Å². The second kappa shape index (κ2) is 12.0. The highest BCUT2D eigenvalue weighted by atomic mass is 19.4. The molecule has 14 nitrogen and oxygen atoms in total. The van der Waals surface area contributed by atoms with E-state index in [1.54, 1.807) is 12.1 Å². The highest BCUT2D eigenvalue weighted by Crippen LogP contribution is 2.50. The van der Waals surface area contributed by atoms with Gasteiger partial charge in [0.25, 0.3) is 11.8 Å². The Hall–Kier alpha value is -6.08. The molecule has 0 atom stereocenters. The summed E-state index contributed by atoms with van der Waals surface area (Å²) in [4.78, 5) is 50.7. The number of carbonyl (C=O) groups is 2. The van der Waals surface area contributed by atoms with E-state index in [1.165, 1.54) is 38.4 Å². The summed E-state index contributed by atoms with van der Waals surface area (Å²) in [5, 5.41) is 14.4. The molecule has 270 valence electrons. The van der Waals surface area contributed by atoms with Crippen molar-refractivity contribution in [1.82, 2.24) is 39.6 Å². The van der Waals surface area contributed by atoms with E-state index in [1.807, 2.05) is 0 Å². The lowest BCUT2D eigenvalue weighted by Gasteiger charge is -2.21. The quantitative estimate of drug-likeness (QED) is 0.159. The molecule has 8 rings (SSSR count). The molecule has 0 saturated heterocycles. The van der Waals surface area contributed by atoms with Gasteiger partial charge in [-0.05, 0) is 106 Å². The number of carbonyl (C=O) groups excluding carboxylic acids is 2. The van der Waals surface area contributed by atoms with E-state index in [4.69, 9.17) is 5.73 Å². The van der Waals surface area contributed by atoms with Crippen LogP contribution in [0.5, 0.6) is 0 Å². The number of amides is 2. The zero-order valence-electron chi connectivity index (χ0n) is 27.1. The highest BCUT2D eigenvalue weighted by molar-refractivity contribution is 6.34. The molecular formula is C32H26F6N10O4. The third kappa shape index (κ3) is 5.92. The standard InChI is InChI=1S/C20H14F3N5O3.C12H12F3N5O/c1-26-19(31)28(25-24-26)15-9-11(8-14(20(21,22)23)16(15)10-6-7-10)27-17(29)12-4-2-3-5-13(12)18(27)30;1-19-11(21)20(18-17-19)9-5-7(16)4-8(12(13,14)15)10(9)6-2-3-6/h2-5,8-10H,6-7H2,1H3;4-6H,2-3,16H2,1H3. The average molecular weight is 729 g/mol. The Morgan fingerprint density at radius 2 is 1.06 bits per heavy atom. The number of nitrogen functional groups attached to an aromatic ring is 1. The third-order valence-corrected chi connectivity index (χ3v) is 8.86. The largest absolute Gasteiger partial charge is 0.416 e. The topological polar surface area (TPSA) is 169 Å². The van der Waals surface area contributed by atoms with Crippen molar-refractivity contribution in [3.63, 3.8) is 0 Å². The van der Waals surface area contributed by atoms with Crippen molar-refractivity contribution in [2.24, 2.45) is 14.1 Å². The summed E-state index contributed by atoms with van der Waals surface area (Å²) in [5.41, 5.74) is 2.16. The van der Waals surface area contributed by atoms with Gasteiger partial charge in [-0.1, -0.05) is 12.1 Å². The van der Waals surface area contributed by atoms with Crippen LogP contribution in [0.1, 0.15) is 80.5 Å². The first-order valence-electron chi connectivity index (χ1n) is 15.7. The van der Waals surface area contributed by atoms with Crippen molar-refractivity contribution >= 4 is 23.2 Å². The fourth-order valence-electron chi connectivity index (χ4n) is 6.19. The Kier molecular flexibility index (Phi) is 7.94. The summed E-state index contributed by atoms with van der Waals surface area (Å²) < 4.78 is 85.3. The van der Waals surface area contributed by atoms with Gasteiger partial charge in [0.05, 0.1) is 39.3 Å². The fraction of sp³-hybridized carbons (Fsp3) is 0.312. The lowest BCUT2D eigenvalue weighted by atomic mass is 9.98. The number of halogens is 6. The Balaban J connectivity index is 0.000000175. The second-order valence-corrected chi connectivity index (χ2v) is 12.6. The average Bonchev–Trinajstić information content (AvgIpc) is 4.02. The molecule has 0 bridgehead atoms. The van der Waals surface area contributed by atoms with E-state index in [2.05, 4.69) is 20.9 Å². The normalized spacial score (nSPS) is 15.9. The molecule has 2 aromatic heterocycles. The number of anilines is 2. The Bertz CT molecular complexity index is 2360. The number of rotatable bonds is 5. The first kappa shape index (κ1) is 34.4. The molecule has 2 N–H and O–H groups in total. The lowest BCUT2D eigenvalue weighted by Crippen LogP contribution is -2.31. The van der Waals surface area contributed by atoms with Gasteiger partial charge in [0, 0.05) is 19.8 Å². The number of hydrogen-bond acceptors (Lipinski definition) is 9. The van der Waals surface area contributed by atoms with E-state index in [0.717, 1.165) is 30.9 Å². The van der Waals surface area contributed by atoms with Crippen LogP contribution >= 0.6 is 0 Å². The predicted octanol–water partition coefficient (Wildman–Crippen LogP) is 4.11. The van der Waals surface area contributed by atoms with Crippen LogP contribution in [0.3, 0.4) is 0 Å². The van der Waals surface area contributed by atoms with Crippen LogP contribution in [0.2, 0.25) is 0 Å². The van der Waals surface area contributed by atoms with Gasteiger partial charge >= 0.3 is 23.7 Å². The summed E-state index contributed by atoms with van der Waals surface area (Å²) in [6.07, 6.45) is -6.96. The molecular weight excluding hydrogens is 702 g/mol. The van der Waals surface area contributed by atoms with Gasteiger partial charge in [-0.15, -0.1) is 0 Å². The number of aryl methyl sites for hydroxylation is 2. The highest BCUT2D eigenvalue weighted by Gasteiger charge is 2.44. The number of alkyl halides is 6. The van der Waals surface area contributed by atoms with Crippen molar-refractivity contribution in [2.45, 2.75) is 49.9 Å². The first-order valence-corrected chi connectivity index (χ1v) is 15.7. The molecule has 1 aliphatic heterocycles. The number of hydrogen-bond donors (Lipinski definition) is 1. The van der Waals surface area contributed by atoms with Gasteiger partial charge < -0.3 is 5.73 Å². The molecule has 0 radical (unpaired) electrons. The van der Waals surface area contributed by atoms with Crippen molar-refractivity contribution in [1.29, 1.82) is 0 Å². The Labute approximate surface area is 287 Å². The van der Waals surface area contributed by atoms with Crippen LogP contribution in [-0.2, 0) is 26.4 Å². The van der Waals surface area contributed by atoms with Crippen LogP contribution in [0.4, 0.5) is 37.7 Å². The Morgan fingerprint density at radius 3 is 1.44 bits per heavy atom. The smallest absolute Gasteiger partial charge is 0.399 e. The van der Waals surface area contributed by atoms with E-state index >= 15 is 0 Å². The minimum atomic E-state index is -4.77. The summed E-state index contributed by atoms with van der Waals surface area (Å²) >= 11 is 0. The van der Waals surface area contributed by atoms with Crippen molar-refractivity contribution in [2.75, 3.05) is 10.6 Å². The van der Waals surface area contributed by atoms with Crippen LogP contribution in [-0.4, -0.2) is 51.4 Å². The first-order chi connectivity index (χ1) is 24.5. The Morgan fingerprint density at radius 1 is 0.635 bits per heavy atom. The van der Waals surface area contributed by atoms with E-state index < -0.39 is 52.6 Å². The second-order valence-electron chi connectivity index (χ2n) is 12.6. The number of imide groups is 1. The maximum atomic E-state index is 14.0. The molecule has 2 fully saturated rings. The zero-order valence-corrected chi connectivity index (χ0v) is 27.1. The van der Waals surface area contributed by atoms with Crippen LogP contribution < -0.4 is 22.0 Å². The van der Waals surface area contributed by atoms with Crippen LogP contribution in [0.25, 0.3) is 11.4 Å². The van der Waals surface area contributed by atoms with Gasteiger partial charge in [-0.25, -0.2) is 14.5 Å². The number of tetrazole rings is 2. The lowest BCUT2D eigenvalue weighted by molar-refractivity contribution is -0.139. The fourth-order valence-corrected chi connectivity index (χ4v) is 6.19. The summed E-state index contributed by atoms with van der Waals surface area (Å²) in [7, 11) is 2.70. The van der Waals surface area contributed by atoms with Gasteiger partial charge in [0.2, 0.25) is 0 Å². The molecule has 2 aliphatic carbocycles. The monoisotopic (exact) mass is 728 g/mol. The molecule has 20 heteroatoms. The minimum Gasteiger partial charge on any atom is -0.399 e. The van der Waals surface area contributed by atoms with Crippen molar-refractivity contribution in [3.8, 4) is 11.4 Å². The van der Waals surface area contributed by atoms with E-state index in [-0.39, 0.29) is 50.9 Å². The summed E-state index contributed by atoms with van der Waals surface area (Å²) in [6, 6.07) is 10.3. The van der Waals surface area contributed by atoms with Gasteiger partial charge in [0.1, 0.15) is 0 Å². The molecule has 5 aromatic rings. The molecule has 2 amide bonds. The van der Waals surface area contributed by atoms with Crippen molar-refractivity contribution < 1.29 is 35.9 Å². The molecule has 0 spiro atoms. The van der Waals surface area contributed by atoms with E-state index in [9.17, 15) is 45.5 Å². The van der Waals surface area contributed by atoms with Gasteiger partial charge in [-0.2, -0.15) is 45.1 Å². The summed E-state index contributed by atoms with van der Waals surface area (Å²) in [5.74, 6) is -2.10. The number of aromatic nitrogens is 8. The van der Waals surface area contributed by atoms with Crippen LogP contribution in [0, 0.1) is 0 Å². The minimum absolute atomic E-state index is 0.0583. The number of nitrogens with zero attached hydrogens (tertiary/aromatic N) is 9. The number of fused-ring (bicyclic) bond motifs is 1. The number of nitrogens with two attached hydrogens (primary N) is 1. The molecule has 3 heterocycles. The van der Waals surface area contributed by atoms with Gasteiger partial charge in [0.15, 0.2) is 0 Å². The molecule has 3 aromatic carbocycles. The zero-order chi connectivity index (χ0) is 37.4. The molecule has 52 heavy (non-hydrogen) atoms. The maximum Gasteiger partial charge on any atom is 0.416 e. The molecule has 2 saturated carbocycles. The predicted molar refractivity (Wildman–Crippen MR) is 169 cm³/mol. The maximum absolute atomic E-state index is 14.0.